The fourth-order valence-electron chi connectivity index (χ4n) is 2.40. The van der Waals surface area contributed by atoms with E-state index < -0.39 is 17.6 Å². The number of carbonyl (C=O) groups is 1. The fraction of sp³-hybridized carbons (Fsp3) is 0.100. The Hall–Kier alpha value is -3.06. The number of benzene rings is 2. The molecule has 2 aromatic carbocycles. The zero-order valence-corrected chi connectivity index (χ0v) is 15.1. The fourth-order valence-corrected chi connectivity index (χ4v) is 2.61. The number of hydrogen-bond donors (Lipinski definition) is 1. The van der Waals surface area contributed by atoms with Crippen molar-refractivity contribution in [2.24, 2.45) is 0 Å². The van der Waals surface area contributed by atoms with E-state index in [0.29, 0.717) is 5.02 Å². The highest BCUT2D eigenvalue weighted by molar-refractivity contribution is 6.31. The number of ether oxygens (including phenoxy) is 1. The molecule has 1 N–H and O–H groups in total. The lowest BCUT2D eigenvalue weighted by atomic mass is 10.2. The Kier molecular flexibility index (Phi) is 5.84. The van der Waals surface area contributed by atoms with Gasteiger partial charge in [-0.3, -0.25) is 4.79 Å². The Morgan fingerprint density at radius 1 is 1.07 bits per heavy atom. The third kappa shape index (κ3) is 4.80. The molecule has 0 radical (unpaired) electrons. The first kappa shape index (κ1) is 19.7. The summed E-state index contributed by atoms with van der Waals surface area (Å²) >= 11 is 6.06. The number of halogens is 4. The number of pyridine rings is 1. The molecule has 0 saturated carbocycles. The quantitative estimate of drug-likeness (QED) is 0.610. The standard InChI is InChI=1S/C20H14ClF3N2O2/c21-17-9-2-1-5-13(17)12-26-18(27)16-8-4-10-25-19(16)28-15-7-3-6-14(11-15)20(22,23)24/h1-11H,12H2,(H,26,27). The second kappa shape index (κ2) is 8.31. The molecule has 1 amide bonds. The summed E-state index contributed by atoms with van der Waals surface area (Å²) in [7, 11) is 0. The zero-order chi connectivity index (χ0) is 20.1. The number of rotatable bonds is 5. The maximum absolute atomic E-state index is 12.9. The maximum atomic E-state index is 12.9. The largest absolute Gasteiger partial charge is 0.438 e. The van der Waals surface area contributed by atoms with Gasteiger partial charge in [-0.1, -0.05) is 35.9 Å². The predicted octanol–water partition coefficient (Wildman–Crippen LogP) is 5.48. The lowest BCUT2D eigenvalue weighted by Gasteiger charge is -2.12. The van der Waals surface area contributed by atoms with Crippen LogP contribution >= 0.6 is 11.6 Å². The molecule has 144 valence electrons. The van der Waals surface area contributed by atoms with Crippen LogP contribution in [0.25, 0.3) is 0 Å². The molecule has 0 bridgehead atoms. The van der Waals surface area contributed by atoms with Crippen molar-refractivity contribution in [3.05, 3.63) is 88.6 Å². The van der Waals surface area contributed by atoms with Gasteiger partial charge in [0.15, 0.2) is 0 Å². The topological polar surface area (TPSA) is 51.2 Å². The number of nitrogens with zero attached hydrogens (tertiary/aromatic N) is 1. The summed E-state index contributed by atoms with van der Waals surface area (Å²) in [6.07, 6.45) is -3.12. The van der Waals surface area contributed by atoms with Crippen molar-refractivity contribution in [3.8, 4) is 11.6 Å². The van der Waals surface area contributed by atoms with Crippen molar-refractivity contribution in [2.45, 2.75) is 12.7 Å². The SMILES string of the molecule is O=C(NCc1ccccc1Cl)c1cccnc1Oc1cccc(C(F)(F)F)c1. The number of amides is 1. The Bertz CT molecular complexity index is 993. The van der Waals surface area contributed by atoms with Crippen LogP contribution in [-0.4, -0.2) is 10.9 Å². The van der Waals surface area contributed by atoms with Crippen molar-refractivity contribution in [2.75, 3.05) is 0 Å². The van der Waals surface area contributed by atoms with Gasteiger partial charge in [0.25, 0.3) is 5.91 Å². The van der Waals surface area contributed by atoms with E-state index in [4.69, 9.17) is 16.3 Å². The highest BCUT2D eigenvalue weighted by Crippen LogP contribution is 2.33. The summed E-state index contributed by atoms with van der Waals surface area (Å²) in [5.41, 5.74) is -0.0422. The second-order valence-electron chi connectivity index (χ2n) is 5.76. The Morgan fingerprint density at radius 3 is 2.61 bits per heavy atom. The average Bonchev–Trinajstić information content (AvgIpc) is 2.67. The van der Waals surface area contributed by atoms with Crippen molar-refractivity contribution >= 4 is 17.5 Å². The lowest BCUT2D eigenvalue weighted by Crippen LogP contribution is -2.23. The van der Waals surface area contributed by atoms with Crippen LogP contribution in [0.2, 0.25) is 5.02 Å². The third-order valence-corrected chi connectivity index (χ3v) is 4.16. The molecule has 28 heavy (non-hydrogen) atoms. The van der Waals surface area contributed by atoms with Gasteiger partial charge in [-0.15, -0.1) is 0 Å². The number of alkyl halides is 3. The van der Waals surface area contributed by atoms with E-state index in [1.54, 1.807) is 24.3 Å². The molecule has 0 spiro atoms. The van der Waals surface area contributed by atoms with Crippen LogP contribution in [0.4, 0.5) is 13.2 Å². The second-order valence-corrected chi connectivity index (χ2v) is 6.17. The predicted molar refractivity (Wildman–Crippen MR) is 98.4 cm³/mol. The molecule has 0 atom stereocenters. The van der Waals surface area contributed by atoms with Crippen LogP contribution in [0.1, 0.15) is 21.5 Å². The third-order valence-electron chi connectivity index (χ3n) is 3.79. The van der Waals surface area contributed by atoms with E-state index in [1.165, 1.54) is 30.5 Å². The number of hydrogen-bond acceptors (Lipinski definition) is 3. The van der Waals surface area contributed by atoms with Gasteiger partial charge in [0.1, 0.15) is 11.3 Å². The van der Waals surface area contributed by atoms with Gasteiger partial charge in [-0.25, -0.2) is 4.98 Å². The Labute approximate surface area is 163 Å². The molecule has 0 unspecified atom stereocenters. The van der Waals surface area contributed by atoms with Crippen LogP contribution in [0.5, 0.6) is 11.6 Å². The summed E-state index contributed by atoms with van der Waals surface area (Å²) < 4.78 is 44.0. The number of aromatic nitrogens is 1. The smallest absolute Gasteiger partial charge is 0.416 e. The van der Waals surface area contributed by atoms with Gasteiger partial charge in [0.2, 0.25) is 5.88 Å². The molecule has 0 aliphatic rings. The van der Waals surface area contributed by atoms with E-state index in [1.807, 2.05) is 0 Å². The molecule has 1 aromatic heterocycles. The molecule has 0 saturated heterocycles. The van der Waals surface area contributed by atoms with Gasteiger partial charge in [-0.2, -0.15) is 13.2 Å². The van der Waals surface area contributed by atoms with Gasteiger partial charge in [0.05, 0.1) is 5.56 Å². The summed E-state index contributed by atoms with van der Waals surface area (Å²) in [6.45, 7) is 0.177. The van der Waals surface area contributed by atoms with Crippen molar-refractivity contribution in [1.82, 2.24) is 10.3 Å². The van der Waals surface area contributed by atoms with Crippen LogP contribution in [-0.2, 0) is 12.7 Å². The molecule has 3 aromatic rings. The molecular weight excluding hydrogens is 393 g/mol. The Balaban J connectivity index is 1.78. The van der Waals surface area contributed by atoms with Crippen LogP contribution < -0.4 is 10.1 Å². The van der Waals surface area contributed by atoms with Gasteiger partial charge >= 0.3 is 6.18 Å². The highest BCUT2D eigenvalue weighted by Gasteiger charge is 2.30. The molecule has 4 nitrogen and oxygen atoms in total. The highest BCUT2D eigenvalue weighted by atomic mass is 35.5. The summed E-state index contributed by atoms with van der Waals surface area (Å²) in [5.74, 6) is -0.665. The molecule has 3 rings (SSSR count). The minimum atomic E-state index is -4.50. The van der Waals surface area contributed by atoms with Crippen molar-refractivity contribution in [1.29, 1.82) is 0 Å². The first-order chi connectivity index (χ1) is 13.3. The monoisotopic (exact) mass is 406 g/mol. The normalized spacial score (nSPS) is 11.1. The minimum absolute atomic E-state index is 0.0753. The van der Waals surface area contributed by atoms with E-state index in [0.717, 1.165) is 17.7 Å². The van der Waals surface area contributed by atoms with E-state index in [2.05, 4.69) is 10.3 Å². The molecule has 0 fully saturated rings. The molecule has 0 aliphatic carbocycles. The van der Waals surface area contributed by atoms with E-state index >= 15 is 0 Å². The molecular formula is C20H14ClF3N2O2. The van der Waals surface area contributed by atoms with E-state index in [9.17, 15) is 18.0 Å². The van der Waals surface area contributed by atoms with Crippen LogP contribution in [0.3, 0.4) is 0 Å². The minimum Gasteiger partial charge on any atom is -0.438 e. The van der Waals surface area contributed by atoms with Crippen LogP contribution in [0, 0.1) is 0 Å². The summed E-state index contributed by atoms with van der Waals surface area (Å²) in [4.78, 5) is 16.5. The van der Waals surface area contributed by atoms with Crippen molar-refractivity contribution < 1.29 is 22.7 Å². The van der Waals surface area contributed by atoms with Gasteiger partial charge in [0, 0.05) is 17.8 Å². The van der Waals surface area contributed by atoms with Gasteiger partial charge in [-0.05, 0) is 42.0 Å². The first-order valence-electron chi connectivity index (χ1n) is 8.16. The lowest BCUT2D eigenvalue weighted by molar-refractivity contribution is -0.137. The maximum Gasteiger partial charge on any atom is 0.416 e. The number of carbonyl (C=O) groups excluding carboxylic acids is 1. The zero-order valence-electron chi connectivity index (χ0n) is 14.3. The summed E-state index contributed by atoms with van der Waals surface area (Å²) in [5, 5.41) is 3.20. The Morgan fingerprint density at radius 2 is 1.86 bits per heavy atom. The van der Waals surface area contributed by atoms with Crippen LogP contribution in [0.15, 0.2) is 66.9 Å². The van der Waals surface area contributed by atoms with Gasteiger partial charge < -0.3 is 10.1 Å². The first-order valence-corrected chi connectivity index (χ1v) is 8.54. The van der Waals surface area contributed by atoms with Crippen molar-refractivity contribution in [3.63, 3.8) is 0 Å². The molecule has 0 aliphatic heterocycles. The number of nitrogens with one attached hydrogen (secondary N) is 1. The summed E-state index contributed by atoms with van der Waals surface area (Å²) in [6, 6.07) is 14.4. The molecule has 8 heteroatoms. The molecule has 1 heterocycles. The van der Waals surface area contributed by atoms with E-state index in [-0.39, 0.29) is 23.7 Å². The average molecular weight is 407 g/mol.